The molecular weight excluding hydrogens is 424 g/mol. The van der Waals surface area contributed by atoms with Crippen molar-refractivity contribution >= 4 is 34.0 Å². The molecule has 4 aromatic carbocycles. The van der Waals surface area contributed by atoms with E-state index in [1.165, 1.54) is 0 Å². The van der Waals surface area contributed by atoms with Crippen molar-refractivity contribution in [2.24, 2.45) is 5.92 Å². The summed E-state index contributed by atoms with van der Waals surface area (Å²) in [7, 11) is 0. The van der Waals surface area contributed by atoms with Crippen LogP contribution in [0.1, 0.15) is 17.5 Å². The van der Waals surface area contributed by atoms with Crippen molar-refractivity contribution in [3.63, 3.8) is 0 Å². The molecule has 170 valence electrons. The molecule has 0 unspecified atom stereocenters. The van der Waals surface area contributed by atoms with Crippen LogP contribution in [0.5, 0.6) is 11.5 Å². The summed E-state index contributed by atoms with van der Waals surface area (Å²) in [5, 5.41) is 5.11. The molecule has 1 heterocycles. The van der Waals surface area contributed by atoms with E-state index in [2.05, 4.69) is 23.5 Å². The third-order valence-electron chi connectivity index (χ3n) is 6.11. The second kappa shape index (κ2) is 9.02. The highest BCUT2D eigenvalue weighted by Crippen LogP contribution is 2.31. The van der Waals surface area contributed by atoms with Crippen LogP contribution < -0.4 is 15.0 Å². The molecule has 0 saturated carbocycles. The van der Waals surface area contributed by atoms with E-state index in [4.69, 9.17) is 4.74 Å². The first kappa shape index (κ1) is 21.7. The van der Waals surface area contributed by atoms with Gasteiger partial charge in [0.05, 0.1) is 5.92 Å². The Bertz CT molecular complexity index is 1350. The third-order valence-corrected chi connectivity index (χ3v) is 6.11. The van der Waals surface area contributed by atoms with E-state index in [-0.39, 0.29) is 24.2 Å². The molecule has 1 N–H and O–H groups in total. The Labute approximate surface area is 199 Å². The third kappa shape index (κ3) is 4.50. The van der Waals surface area contributed by atoms with Gasteiger partial charge in [-0.1, -0.05) is 42.5 Å². The average Bonchev–Trinajstić information content (AvgIpc) is 3.22. The first-order valence-corrected chi connectivity index (χ1v) is 11.4. The van der Waals surface area contributed by atoms with Crippen molar-refractivity contribution in [2.75, 3.05) is 16.8 Å². The molecule has 5 nitrogen and oxygen atoms in total. The molecule has 5 rings (SSSR count). The molecule has 1 aliphatic rings. The lowest BCUT2D eigenvalue weighted by Crippen LogP contribution is -2.28. The number of ether oxygens (including phenoxy) is 1. The van der Waals surface area contributed by atoms with Gasteiger partial charge in [-0.05, 0) is 72.8 Å². The minimum Gasteiger partial charge on any atom is -0.457 e. The number of anilines is 2. The minimum atomic E-state index is -0.389. The highest BCUT2D eigenvalue weighted by Gasteiger charge is 2.35. The molecule has 5 heteroatoms. The SMILES string of the molecule is Cc1cc(C)cc(N2C[C@@H](C(=O)Nc3ccc(Oc4cccc5ccccc45)cc3)CC2=O)c1. The molecule has 34 heavy (non-hydrogen) atoms. The Kier molecular flexibility index (Phi) is 5.76. The molecule has 0 radical (unpaired) electrons. The van der Waals surface area contributed by atoms with Gasteiger partial charge >= 0.3 is 0 Å². The Hall–Kier alpha value is -4.12. The number of carbonyl (C=O) groups is 2. The van der Waals surface area contributed by atoms with Crippen LogP contribution in [0.2, 0.25) is 0 Å². The van der Waals surface area contributed by atoms with E-state index in [1.54, 1.807) is 4.90 Å². The molecule has 2 amide bonds. The van der Waals surface area contributed by atoms with E-state index in [9.17, 15) is 9.59 Å². The Morgan fingerprint density at radius 3 is 2.38 bits per heavy atom. The van der Waals surface area contributed by atoms with Gasteiger partial charge < -0.3 is 15.0 Å². The Morgan fingerprint density at radius 1 is 0.912 bits per heavy atom. The first-order valence-electron chi connectivity index (χ1n) is 11.4. The van der Waals surface area contributed by atoms with Crippen molar-refractivity contribution in [2.45, 2.75) is 20.3 Å². The zero-order valence-corrected chi connectivity index (χ0v) is 19.2. The van der Waals surface area contributed by atoms with Gasteiger partial charge in [0.25, 0.3) is 0 Å². The standard InChI is InChI=1S/C29H26N2O3/c1-19-14-20(2)16-24(15-19)31-18-22(17-28(31)32)29(33)30-23-10-12-25(13-11-23)34-27-9-5-7-21-6-3-4-8-26(21)27/h3-16,22H,17-18H2,1-2H3,(H,30,33)/t22-/m0/s1. The van der Waals surface area contributed by atoms with Gasteiger partial charge in [0, 0.05) is 29.7 Å². The number of hydrogen-bond donors (Lipinski definition) is 1. The van der Waals surface area contributed by atoms with Crippen LogP contribution in [0, 0.1) is 19.8 Å². The highest BCUT2D eigenvalue weighted by atomic mass is 16.5. The second-order valence-electron chi connectivity index (χ2n) is 8.84. The molecule has 1 saturated heterocycles. The van der Waals surface area contributed by atoms with Gasteiger partial charge in [-0.3, -0.25) is 9.59 Å². The van der Waals surface area contributed by atoms with Crippen LogP contribution in [-0.2, 0) is 9.59 Å². The quantitative estimate of drug-likeness (QED) is 0.391. The van der Waals surface area contributed by atoms with E-state index < -0.39 is 0 Å². The van der Waals surface area contributed by atoms with Crippen LogP contribution in [0.15, 0.2) is 84.9 Å². The second-order valence-corrected chi connectivity index (χ2v) is 8.84. The number of nitrogens with one attached hydrogen (secondary N) is 1. The maximum atomic E-state index is 12.9. The van der Waals surface area contributed by atoms with Crippen LogP contribution in [-0.4, -0.2) is 18.4 Å². The van der Waals surface area contributed by atoms with Crippen molar-refractivity contribution in [3.8, 4) is 11.5 Å². The summed E-state index contributed by atoms with van der Waals surface area (Å²) in [4.78, 5) is 27.2. The number of hydrogen-bond acceptors (Lipinski definition) is 3. The zero-order valence-electron chi connectivity index (χ0n) is 19.2. The van der Waals surface area contributed by atoms with Crippen LogP contribution in [0.4, 0.5) is 11.4 Å². The summed E-state index contributed by atoms with van der Waals surface area (Å²) >= 11 is 0. The molecule has 1 atom stereocenters. The predicted molar refractivity (Wildman–Crippen MR) is 135 cm³/mol. The van der Waals surface area contributed by atoms with E-state index in [0.29, 0.717) is 18.0 Å². The van der Waals surface area contributed by atoms with Crippen LogP contribution >= 0.6 is 0 Å². The number of nitrogens with zero attached hydrogens (tertiary/aromatic N) is 1. The molecule has 0 spiro atoms. The summed E-state index contributed by atoms with van der Waals surface area (Å²) in [5.74, 6) is 0.907. The van der Waals surface area contributed by atoms with Gasteiger partial charge in [0.15, 0.2) is 0 Å². The van der Waals surface area contributed by atoms with E-state index in [1.807, 2.05) is 80.6 Å². The van der Waals surface area contributed by atoms with Gasteiger partial charge in [-0.25, -0.2) is 0 Å². The summed E-state index contributed by atoms with van der Waals surface area (Å²) in [6.45, 7) is 4.40. The number of benzene rings is 4. The molecular formula is C29H26N2O3. The largest absolute Gasteiger partial charge is 0.457 e. The normalized spacial score (nSPS) is 15.5. The summed E-state index contributed by atoms with van der Waals surface area (Å²) in [6, 6.07) is 27.4. The molecule has 0 aromatic heterocycles. The Balaban J connectivity index is 1.24. The monoisotopic (exact) mass is 450 g/mol. The van der Waals surface area contributed by atoms with Gasteiger partial charge in [-0.2, -0.15) is 0 Å². The van der Waals surface area contributed by atoms with Crippen molar-refractivity contribution in [1.29, 1.82) is 0 Å². The lowest BCUT2D eigenvalue weighted by molar-refractivity contribution is -0.122. The van der Waals surface area contributed by atoms with Crippen molar-refractivity contribution < 1.29 is 14.3 Å². The van der Waals surface area contributed by atoms with Crippen molar-refractivity contribution in [3.05, 3.63) is 96.1 Å². The molecule has 1 fully saturated rings. The number of carbonyl (C=O) groups excluding carboxylic acids is 2. The molecule has 4 aromatic rings. The van der Waals surface area contributed by atoms with Gasteiger partial charge in [0.1, 0.15) is 11.5 Å². The Morgan fingerprint density at radius 2 is 1.62 bits per heavy atom. The average molecular weight is 451 g/mol. The first-order chi connectivity index (χ1) is 16.5. The molecule has 0 aliphatic carbocycles. The maximum Gasteiger partial charge on any atom is 0.229 e. The highest BCUT2D eigenvalue weighted by molar-refractivity contribution is 6.03. The number of fused-ring (bicyclic) bond motifs is 1. The molecule has 1 aliphatic heterocycles. The maximum absolute atomic E-state index is 12.9. The number of aryl methyl sites for hydroxylation is 2. The smallest absolute Gasteiger partial charge is 0.229 e. The van der Waals surface area contributed by atoms with Gasteiger partial charge in [0.2, 0.25) is 11.8 Å². The fourth-order valence-electron chi connectivity index (χ4n) is 4.50. The van der Waals surface area contributed by atoms with E-state index >= 15 is 0 Å². The van der Waals surface area contributed by atoms with E-state index in [0.717, 1.165) is 33.3 Å². The minimum absolute atomic E-state index is 0.0241. The molecule has 0 bridgehead atoms. The van der Waals surface area contributed by atoms with Crippen LogP contribution in [0.25, 0.3) is 10.8 Å². The van der Waals surface area contributed by atoms with Crippen molar-refractivity contribution in [1.82, 2.24) is 0 Å². The fraction of sp³-hybridized carbons (Fsp3) is 0.172. The fourth-order valence-corrected chi connectivity index (χ4v) is 4.50. The number of amides is 2. The topological polar surface area (TPSA) is 58.6 Å². The van der Waals surface area contributed by atoms with Gasteiger partial charge in [-0.15, -0.1) is 0 Å². The lowest BCUT2D eigenvalue weighted by Gasteiger charge is -2.18. The predicted octanol–water partition coefficient (Wildman–Crippen LogP) is 6.24. The summed E-state index contributed by atoms with van der Waals surface area (Å²) in [6.07, 6.45) is 0.209. The summed E-state index contributed by atoms with van der Waals surface area (Å²) < 4.78 is 6.08. The lowest BCUT2D eigenvalue weighted by atomic mass is 10.1. The number of rotatable bonds is 5. The summed E-state index contributed by atoms with van der Waals surface area (Å²) in [5.41, 5.74) is 3.73. The van der Waals surface area contributed by atoms with Crippen LogP contribution in [0.3, 0.4) is 0 Å². The zero-order chi connectivity index (χ0) is 23.7.